The predicted octanol–water partition coefficient (Wildman–Crippen LogP) is 0.110. The monoisotopic (exact) mass is 154 g/mol. The maximum absolute atomic E-state index is 8.12. The number of hydrogen-bond acceptors (Lipinski definition) is 4. The third kappa shape index (κ3) is 3.33. The van der Waals surface area contributed by atoms with Gasteiger partial charge >= 0.3 is 6.15 Å². The van der Waals surface area contributed by atoms with Crippen LogP contribution in [0.3, 0.4) is 0 Å². The fourth-order valence-corrected chi connectivity index (χ4v) is 0.753. The van der Waals surface area contributed by atoms with Crippen molar-refractivity contribution in [3.05, 3.63) is 11.3 Å². The van der Waals surface area contributed by atoms with Gasteiger partial charge < -0.3 is 5.73 Å². The van der Waals surface area contributed by atoms with Crippen LogP contribution in [0.25, 0.3) is 0 Å². The molecule has 2 N–H and O–H groups in total. The van der Waals surface area contributed by atoms with Gasteiger partial charge in [0.15, 0.2) is 0 Å². The van der Waals surface area contributed by atoms with Crippen LogP contribution in [0.4, 0.5) is 0 Å². The standard InChI is InChI=1S/C6H10N2.CO2/c1-2-5-3-8-4-6(5)7;2-1-3/h4H,2-3,7H2,1H3;. The minimum Gasteiger partial charge on any atom is -0.397 e. The molecule has 0 bridgehead atoms. The van der Waals surface area contributed by atoms with Crippen LogP contribution in [0.15, 0.2) is 16.3 Å². The summed E-state index contributed by atoms with van der Waals surface area (Å²) < 4.78 is 0. The smallest absolute Gasteiger partial charge is 0.373 e. The van der Waals surface area contributed by atoms with E-state index in [-0.39, 0.29) is 6.15 Å². The van der Waals surface area contributed by atoms with Gasteiger partial charge in [-0.15, -0.1) is 0 Å². The van der Waals surface area contributed by atoms with Crippen LogP contribution in [0, 0.1) is 0 Å². The summed E-state index contributed by atoms with van der Waals surface area (Å²) >= 11 is 0. The second kappa shape index (κ2) is 5.38. The normalized spacial score (nSPS) is 13.9. The van der Waals surface area contributed by atoms with E-state index in [0.29, 0.717) is 0 Å². The van der Waals surface area contributed by atoms with E-state index in [9.17, 15) is 0 Å². The van der Waals surface area contributed by atoms with E-state index in [1.807, 2.05) is 0 Å². The first-order valence-electron chi connectivity index (χ1n) is 3.22. The summed E-state index contributed by atoms with van der Waals surface area (Å²) in [4.78, 5) is 20.2. The number of allylic oxidation sites excluding steroid dienone is 1. The highest BCUT2D eigenvalue weighted by atomic mass is 16.2. The van der Waals surface area contributed by atoms with E-state index in [0.717, 1.165) is 18.7 Å². The van der Waals surface area contributed by atoms with E-state index in [1.165, 1.54) is 5.57 Å². The molecule has 1 aliphatic heterocycles. The molecule has 0 aromatic heterocycles. The van der Waals surface area contributed by atoms with Gasteiger partial charge in [-0.05, 0) is 12.0 Å². The molecular weight excluding hydrogens is 144 g/mol. The van der Waals surface area contributed by atoms with E-state index in [1.54, 1.807) is 6.21 Å². The van der Waals surface area contributed by atoms with Crippen molar-refractivity contribution in [2.75, 3.05) is 6.54 Å². The maximum Gasteiger partial charge on any atom is 0.373 e. The number of nitrogens with two attached hydrogens (primary N) is 1. The first-order chi connectivity index (χ1) is 5.26. The third-order valence-electron chi connectivity index (χ3n) is 1.35. The van der Waals surface area contributed by atoms with Gasteiger partial charge in [-0.1, -0.05) is 6.92 Å². The summed E-state index contributed by atoms with van der Waals surface area (Å²) in [5.41, 5.74) is 7.66. The number of nitrogens with zero attached hydrogens (tertiary/aromatic N) is 1. The summed E-state index contributed by atoms with van der Waals surface area (Å²) in [5, 5.41) is 0. The highest BCUT2D eigenvalue weighted by Gasteiger charge is 2.02. The molecule has 0 aromatic carbocycles. The van der Waals surface area contributed by atoms with Crippen molar-refractivity contribution in [1.82, 2.24) is 0 Å². The average Bonchev–Trinajstić information content (AvgIpc) is 2.36. The molecule has 60 valence electrons. The Hall–Kier alpha value is -1.41. The second-order valence-corrected chi connectivity index (χ2v) is 1.97. The van der Waals surface area contributed by atoms with Crippen LogP contribution in [-0.4, -0.2) is 18.9 Å². The molecule has 4 nitrogen and oxygen atoms in total. The molecule has 0 aliphatic carbocycles. The topological polar surface area (TPSA) is 72.5 Å². The Balaban J connectivity index is 0.000000292. The average molecular weight is 154 g/mol. The van der Waals surface area contributed by atoms with E-state index >= 15 is 0 Å². The van der Waals surface area contributed by atoms with Crippen LogP contribution in [-0.2, 0) is 9.59 Å². The summed E-state index contributed by atoms with van der Waals surface area (Å²) in [6, 6.07) is 0. The number of aliphatic imine (C=N–C) groups is 1. The van der Waals surface area contributed by atoms with Gasteiger partial charge in [-0.25, -0.2) is 0 Å². The largest absolute Gasteiger partial charge is 0.397 e. The number of carbonyl (C=O) groups excluding carboxylic acids is 2. The Bertz CT molecular complexity index is 212. The van der Waals surface area contributed by atoms with E-state index in [2.05, 4.69) is 11.9 Å². The van der Waals surface area contributed by atoms with Crippen molar-refractivity contribution in [2.45, 2.75) is 13.3 Å². The molecule has 0 unspecified atom stereocenters. The van der Waals surface area contributed by atoms with Crippen molar-refractivity contribution in [1.29, 1.82) is 0 Å². The Kier molecular flexibility index (Phi) is 4.69. The third-order valence-corrected chi connectivity index (χ3v) is 1.35. The van der Waals surface area contributed by atoms with Crippen LogP contribution in [0.5, 0.6) is 0 Å². The lowest BCUT2D eigenvalue weighted by Crippen LogP contribution is -1.98. The van der Waals surface area contributed by atoms with Crippen molar-refractivity contribution < 1.29 is 9.59 Å². The minimum atomic E-state index is 0.250. The van der Waals surface area contributed by atoms with Gasteiger partial charge in [-0.3, -0.25) is 4.99 Å². The van der Waals surface area contributed by atoms with E-state index in [4.69, 9.17) is 15.3 Å². The van der Waals surface area contributed by atoms with Gasteiger partial charge in [0.2, 0.25) is 0 Å². The van der Waals surface area contributed by atoms with E-state index < -0.39 is 0 Å². The fourth-order valence-electron chi connectivity index (χ4n) is 0.753. The summed E-state index contributed by atoms with van der Waals surface area (Å²) in [6.07, 6.45) is 3.02. The molecule has 1 aliphatic rings. The van der Waals surface area contributed by atoms with Gasteiger partial charge in [0.05, 0.1) is 12.2 Å². The Morgan fingerprint density at radius 1 is 1.73 bits per heavy atom. The summed E-state index contributed by atoms with van der Waals surface area (Å²) in [7, 11) is 0. The summed E-state index contributed by atoms with van der Waals surface area (Å²) in [5.74, 6) is 0. The molecular formula is C7H10N2O2. The highest BCUT2D eigenvalue weighted by Crippen LogP contribution is 2.07. The quantitative estimate of drug-likeness (QED) is 0.582. The molecule has 11 heavy (non-hydrogen) atoms. The molecule has 0 atom stereocenters. The molecule has 0 aromatic rings. The zero-order chi connectivity index (χ0) is 8.69. The number of hydrogen-bond donors (Lipinski definition) is 1. The van der Waals surface area contributed by atoms with Crippen molar-refractivity contribution in [3.8, 4) is 0 Å². The van der Waals surface area contributed by atoms with Gasteiger partial charge in [0.25, 0.3) is 0 Å². The molecule has 0 radical (unpaired) electrons. The molecule has 4 heteroatoms. The zero-order valence-corrected chi connectivity index (χ0v) is 6.33. The SMILES string of the molecule is CCC1=C(N)C=NC1.O=C=O. The first kappa shape index (κ1) is 9.59. The molecule has 1 rings (SSSR count). The second-order valence-electron chi connectivity index (χ2n) is 1.97. The molecule has 0 spiro atoms. The van der Waals surface area contributed by atoms with Crippen LogP contribution in [0.2, 0.25) is 0 Å². The Morgan fingerprint density at radius 3 is 2.45 bits per heavy atom. The fraction of sp³-hybridized carbons (Fsp3) is 0.429. The Labute approximate surface area is 64.8 Å². The lowest BCUT2D eigenvalue weighted by molar-refractivity contribution is -0.191. The molecule has 0 fully saturated rings. The lowest BCUT2D eigenvalue weighted by Gasteiger charge is -1.93. The zero-order valence-electron chi connectivity index (χ0n) is 6.33. The molecule has 1 heterocycles. The molecule has 0 saturated heterocycles. The first-order valence-corrected chi connectivity index (χ1v) is 3.22. The number of rotatable bonds is 1. The summed E-state index contributed by atoms with van der Waals surface area (Å²) in [6.45, 7) is 2.92. The van der Waals surface area contributed by atoms with Crippen molar-refractivity contribution in [3.63, 3.8) is 0 Å². The van der Waals surface area contributed by atoms with Crippen molar-refractivity contribution >= 4 is 12.4 Å². The van der Waals surface area contributed by atoms with Crippen molar-refractivity contribution in [2.24, 2.45) is 10.7 Å². The highest BCUT2D eigenvalue weighted by molar-refractivity contribution is 5.81. The Morgan fingerprint density at radius 2 is 2.27 bits per heavy atom. The lowest BCUT2D eigenvalue weighted by atomic mass is 10.2. The van der Waals surface area contributed by atoms with Gasteiger partial charge in [-0.2, -0.15) is 9.59 Å². The molecule has 0 amide bonds. The van der Waals surface area contributed by atoms with Crippen LogP contribution in [0.1, 0.15) is 13.3 Å². The van der Waals surface area contributed by atoms with Crippen LogP contribution < -0.4 is 5.73 Å². The van der Waals surface area contributed by atoms with Crippen LogP contribution >= 0.6 is 0 Å². The predicted molar refractivity (Wildman–Crippen MR) is 39.9 cm³/mol. The molecule has 0 saturated carbocycles. The van der Waals surface area contributed by atoms with Gasteiger partial charge in [0.1, 0.15) is 0 Å². The minimum absolute atomic E-state index is 0.250. The van der Waals surface area contributed by atoms with Gasteiger partial charge in [0, 0.05) is 6.21 Å². The maximum atomic E-state index is 8.12.